The number of halogens is 1. The molecule has 0 fully saturated rings. The van der Waals surface area contributed by atoms with Crippen LogP contribution in [-0.2, 0) is 0 Å². The van der Waals surface area contributed by atoms with Crippen molar-refractivity contribution in [3.8, 4) is 0 Å². The standard InChI is InChI=1S/C8H6IS2/c1-3-10-5-7(1)9-8-2-4-11-6-8/h1-6H/q+1. The van der Waals surface area contributed by atoms with Gasteiger partial charge < -0.3 is 0 Å². The van der Waals surface area contributed by atoms with Gasteiger partial charge in [-0.05, 0) is 10.8 Å². The summed E-state index contributed by atoms with van der Waals surface area (Å²) in [5, 5.41) is 8.82. The molecule has 0 aliphatic carbocycles. The number of hydrogen-bond donors (Lipinski definition) is 0. The van der Waals surface area contributed by atoms with Crippen LogP contribution in [0.2, 0.25) is 0 Å². The van der Waals surface area contributed by atoms with E-state index in [1.807, 2.05) is 0 Å². The average molecular weight is 293 g/mol. The van der Waals surface area contributed by atoms with Gasteiger partial charge in [-0.25, -0.2) is 0 Å². The zero-order valence-electron chi connectivity index (χ0n) is 5.66. The van der Waals surface area contributed by atoms with Gasteiger partial charge in [-0.15, -0.1) is 22.7 Å². The summed E-state index contributed by atoms with van der Waals surface area (Å²) in [5.74, 6) is 0. The minimum atomic E-state index is 0.125. The Balaban J connectivity index is 2.14. The molecule has 0 nitrogen and oxygen atoms in total. The second-order valence-corrected chi connectivity index (χ2v) is 6.57. The summed E-state index contributed by atoms with van der Waals surface area (Å²) in [4.78, 5) is 0. The first-order valence-corrected chi connectivity index (χ1v) is 7.19. The summed E-state index contributed by atoms with van der Waals surface area (Å²) in [5.41, 5.74) is 0. The van der Waals surface area contributed by atoms with Crippen molar-refractivity contribution in [2.75, 3.05) is 0 Å². The first-order valence-electron chi connectivity index (χ1n) is 3.14. The number of thiophene rings is 2. The summed E-state index contributed by atoms with van der Waals surface area (Å²) in [7, 11) is 0. The Bertz CT molecular complexity index is 264. The van der Waals surface area contributed by atoms with Gasteiger partial charge in [0.2, 0.25) is 7.14 Å². The smallest absolute Gasteiger partial charge is 0.148 e. The van der Waals surface area contributed by atoms with Crippen molar-refractivity contribution in [3.05, 3.63) is 40.8 Å². The molecular weight excluding hydrogens is 287 g/mol. The van der Waals surface area contributed by atoms with Crippen LogP contribution in [-0.4, -0.2) is 0 Å². The van der Waals surface area contributed by atoms with E-state index in [-0.39, 0.29) is 21.2 Å². The molecule has 0 aliphatic heterocycles. The van der Waals surface area contributed by atoms with Gasteiger partial charge in [-0.1, -0.05) is 0 Å². The fourth-order valence-corrected chi connectivity index (χ4v) is 5.41. The third kappa shape index (κ3) is 2.04. The van der Waals surface area contributed by atoms with Crippen LogP contribution in [0.4, 0.5) is 0 Å². The molecule has 3 heteroatoms. The predicted octanol–water partition coefficient (Wildman–Crippen LogP) is -0.0620. The molecule has 0 saturated carbocycles. The third-order valence-electron chi connectivity index (χ3n) is 1.19. The topological polar surface area (TPSA) is 0 Å². The van der Waals surface area contributed by atoms with E-state index in [1.54, 1.807) is 22.7 Å². The highest BCUT2D eigenvalue weighted by Gasteiger charge is 2.15. The van der Waals surface area contributed by atoms with Gasteiger partial charge >= 0.3 is 21.2 Å². The third-order valence-corrected chi connectivity index (χ3v) is 5.99. The maximum atomic E-state index is 2.25. The van der Waals surface area contributed by atoms with Gasteiger partial charge in [0.15, 0.2) is 0 Å². The van der Waals surface area contributed by atoms with Gasteiger partial charge in [-0.3, -0.25) is 0 Å². The largest absolute Gasteiger partial charge is 0.359 e. The molecule has 2 heterocycles. The van der Waals surface area contributed by atoms with E-state index in [2.05, 4.69) is 33.7 Å². The maximum absolute atomic E-state index is 2.25. The first kappa shape index (κ1) is 7.76. The zero-order valence-corrected chi connectivity index (χ0v) is 9.45. The molecule has 0 unspecified atom stereocenters. The Morgan fingerprint density at radius 3 is 1.82 bits per heavy atom. The van der Waals surface area contributed by atoms with Crippen molar-refractivity contribution < 1.29 is 21.2 Å². The second kappa shape index (κ2) is 3.69. The molecule has 0 aromatic carbocycles. The van der Waals surface area contributed by atoms with E-state index in [0.717, 1.165) is 0 Å². The Morgan fingerprint density at radius 1 is 0.909 bits per heavy atom. The van der Waals surface area contributed by atoms with Crippen molar-refractivity contribution in [2.45, 2.75) is 0 Å². The molecule has 0 aliphatic rings. The number of rotatable bonds is 2. The molecule has 0 saturated heterocycles. The van der Waals surface area contributed by atoms with Crippen LogP contribution in [0.1, 0.15) is 0 Å². The Morgan fingerprint density at radius 2 is 1.45 bits per heavy atom. The summed E-state index contributed by atoms with van der Waals surface area (Å²) in [6.07, 6.45) is 0. The highest BCUT2D eigenvalue weighted by Crippen LogP contribution is 1.96. The van der Waals surface area contributed by atoms with E-state index in [1.165, 1.54) is 7.14 Å². The molecule has 0 N–H and O–H groups in total. The summed E-state index contributed by atoms with van der Waals surface area (Å²) >= 11 is 3.71. The Kier molecular flexibility index (Phi) is 2.60. The fraction of sp³-hybridized carbons (Fsp3) is 0. The molecule has 11 heavy (non-hydrogen) atoms. The molecule has 2 aromatic heterocycles. The van der Waals surface area contributed by atoms with Crippen LogP contribution in [0.3, 0.4) is 0 Å². The van der Waals surface area contributed by atoms with Gasteiger partial charge in [-0.2, -0.15) is 0 Å². The molecule has 56 valence electrons. The highest BCUT2D eigenvalue weighted by atomic mass is 127. The lowest BCUT2D eigenvalue weighted by Crippen LogP contribution is -3.61. The van der Waals surface area contributed by atoms with E-state index in [9.17, 15) is 0 Å². The average Bonchev–Trinajstić information content (AvgIpc) is 2.60. The van der Waals surface area contributed by atoms with Crippen molar-refractivity contribution in [1.82, 2.24) is 0 Å². The van der Waals surface area contributed by atoms with Crippen LogP contribution in [0, 0.1) is 7.14 Å². The first-order chi connectivity index (χ1) is 5.45. The molecule has 0 spiro atoms. The van der Waals surface area contributed by atoms with Crippen LogP contribution in [0.25, 0.3) is 0 Å². The zero-order chi connectivity index (χ0) is 7.52. The quantitative estimate of drug-likeness (QED) is 0.681. The van der Waals surface area contributed by atoms with Crippen molar-refractivity contribution in [1.29, 1.82) is 0 Å². The molecule has 0 amide bonds. The van der Waals surface area contributed by atoms with Crippen LogP contribution < -0.4 is 21.2 Å². The lowest BCUT2D eigenvalue weighted by Gasteiger charge is -1.69. The summed E-state index contributed by atoms with van der Waals surface area (Å²) in [6.45, 7) is 0. The van der Waals surface area contributed by atoms with Gasteiger partial charge in [0.25, 0.3) is 0 Å². The minimum Gasteiger partial charge on any atom is -0.148 e. The fourth-order valence-electron chi connectivity index (χ4n) is 0.729. The van der Waals surface area contributed by atoms with Crippen molar-refractivity contribution in [2.24, 2.45) is 0 Å². The van der Waals surface area contributed by atoms with Gasteiger partial charge in [0.1, 0.15) is 0 Å². The molecule has 0 radical (unpaired) electrons. The van der Waals surface area contributed by atoms with Crippen LogP contribution in [0.15, 0.2) is 33.7 Å². The lowest BCUT2D eigenvalue weighted by atomic mass is 10.7. The van der Waals surface area contributed by atoms with Crippen LogP contribution in [0.5, 0.6) is 0 Å². The molecular formula is C8H6IS2+. The van der Waals surface area contributed by atoms with Gasteiger partial charge in [0, 0.05) is 22.9 Å². The summed E-state index contributed by atoms with van der Waals surface area (Å²) in [6, 6.07) is 4.46. The monoisotopic (exact) mass is 293 g/mol. The van der Waals surface area contributed by atoms with Crippen molar-refractivity contribution >= 4 is 22.7 Å². The van der Waals surface area contributed by atoms with E-state index >= 15 is 0 Å². The molecule has 0 atom stereocenters. The Labute approximate surface area is 84.2 Å². The summed E-state index contributed by atoms with van der Waals surface area (Å²) < 4.78 is 3.07. The van der Waals surface area contributed by atoms with E-state index in [4.69, 9.17) is 0 Å². The van der Waals surface area contributed by atoms with Crippen LogP contribution >= 0.6 is 22.7 Å². The number of hydrogen-bond acceptors (Lipinski definition) is 2. The van der Waals surface area contributed by atoms with E-state index in [0.29, 0.717) is 0 Å². The lowest BCUT2D eigenvalue weighted by molar-refractivity contribution is -0.596. The predicted molar refractivity (Wildman–Crippen MR) is 46.0 cm³/mol. The van der Waals surface area contributed by atoms with E-state index < -0.39 is 0 Å². The normalized spacial score (nSPS) is 10.2. The second-order valence-electron chi connectivity index (χ2n) is 1.98. The Hall–Kier alpha value is 0.130. The molecule has 0 bridgehead atoms. The molecule has 2 rings (SSSR count). The minimum absolute atomic E-state index is 0.125. The maximum Gasteiger partial charge on any atom is 0.359 e. The molecule has 2 aromatic rings. The van der Waals surface area contributed by atoms with Gasteiger partial charge in [0.05, 0.1) is 0 Å². The highest BCUT2D eigenvalue weighted by molar-refractivity contribution is 7.08. The SMILES string of the molecule is c1cc([I+]c2ccsc2)cs1. The van der Waals surface area contributed by atoms with Crippen molar-refractivity contribution in [3.63, 3.8) is 0 Å².